The lowest BCUT2D eigenvalue weighted by atomic mass is 10.1. The molecular formula is C23H24NP. The molecule has 0 aliphatic heterocycles. The van der Waals surface area contributed by atoms with Gasteiger partial charge in [-0.2, -0.15) is 0 Å². The highest BCUT2D eigenvalue weighted by Gasteiger charge is 2.18. The van der Waals surface area contributed by atoms with E-state index in [0.29, 0.717) is 0 Å². The summed E-state index contributed by atoms with van der Waals surface area (Å²) in [5, 5.41) is 2.61. The van der Waals surface area contributed by atoms with Crippen LogP contribution < -0.4 is 10.6 Å². The van der Waals surface area contributed by atoms with Crippen molar-refractivity contribution in [1.29, 1.82) is 0 Å². The van der Waals surface area contributed by atoms with Crippen LogP contribution in [-0.4, -0.2) is 12.5 Å². The Labute approximate surface area is 153 Å². The molecule has 0 aromatic heterocycles. The van der Waals surface area contributed by atoms with E-state index < -0.39 is 7.92 Å². The van der Waals surface area contributed by atoms with Crippen LogP contribution in [0.4, 0.5) is 0 Å². The van der Waals surface area contributed by atoms with Crippen molar-refractivity contribution in [2.24, 2.45) is 4.99 Å². The van der Waals surface area contributed by atoms with Crippen molar-refractivity contribution >= 4 is 24.0 Å². The summed E-state index contributed by atoms with van der Waals surface area (Å²) in [6.07, 6.45) is 13.5. The molecule has 0 heterocycles. The first-order valence-electron chi connectivity index (χ1n) is 8.44. The first-order valence-corrected chi connectivity index (χ1v) is 9.78. The molecule has 126 valence electrons. The fourth-order valence-corrected chi connectivity index (χ4v) is 4.86. The van der Waals surface area contributed by atoms with E-state index in [9.17, 15) is 0 Å². The highest BCUT2D eigenvalue weighted by Crippen LogP contribution is 2.36. The Morgan fingerprint density at radius 1 is 1.04 bits per heavy atom. The number of hydrogen-bond donors (Lipinski definition) is 0. The molecule has 0 aliphatic carbocycles. The molecule has 0 aliphatic rings. The molecule has 0 N–H and O–H groups in total. The van der Waals surface area contributed by atoms with Crippen molar-refractivity contribution in [3.05, 3.63) is 84.5 Å². The second-order valence-electron chi connectivity index (χ2n) is 5.51. The van der Waals surface area contributed by atoms with E-state index in [0.717, 1.165) is 18.3 Å². The Morgan fingerprint density at radius 2 is 1.60 bits per heavy atom. The van der Waals surface area contributed by atoms with Crippen LogP contribution in [0.3, 0.4) is 0 Å². The summed E-state index contributed by atoms with van der Waals surface area (Å²) < 4.78 is 0. The van der Waals surface area contributed by atoms with E-state index in [1.54, 1.807) is 0 Å². The largest absolute Gasteiger partial charge is 0.288 e. The van der Waals surface area contributed by atoms with E-state index in [1.165, 1.54) is 16.2 Å². The monoisotopic (exact) mass is 345 g/mol. The van der Waals surface area contributed by atoms with Gasteiger partial charge >= 0.3 is 0 Å². The van der Waals surface area contributed by atoms with Gasteiger partial charge in [0.1, 0.15) is 0 Å². The second kappa shape index (κ2) is 10.4. The predicted molar refractivity (Wildman–Crippen MR) is 113 cm³/mol. The maximum Gasteiger partial charge on any atom is 0.0665 e. The van der Waals surface area contributed by atoms with Crippen molar-refractivity contribution in [3.8, 4) is 12.3 Å². The average Bonchev–Trinajstić information content (AvgIpc) is 2.67. The summed E-state index contributed by atoms with van der Waals surface area (Å²) >= 11 is 0. The molecule has 0 saturated carbocycles. The third-order valence-corrected chi connectivity index (χ3v) is 6.16. The minimum Gasteiger partial charge on any atom is -0.288 e. The van der Waals surface area contributed by atoms with Gasteiger partial charge in [0.15, 0.2) is 0 Å². The van der Waals surface area contributed by atoms with Crippen LogP contribution in [0.25, 0.3) is 0 Å². The summed E-state index contributed by atoms with van der Waals surface area (Å²) in [5.74, 6) is 2.73. The highest BCUT2D eigenvalue weighted by atomic mass is 31.1. The zero-order valence-corrected chi connectivity index (χ0v) is 15.8. The van der Waals surface area contributed by atoms with Gasteiger partial charge in [0.25, 0.3) is 0 Å². The Bertz CT molecular complexity index is 740. The van der Waals surface area contributed by atoms with Crippen LogP contribution in [0.1, 0.15) is 19.8 Å². The molecule has 0 amide bonds. The predicted octanol–water partition coefficient (Wildman–Crippen LogP) is 5.06. The fraction of sp³-hybridized carbons (Fsp3) is 0.174. The summed E-state index contributed by atoms with van der Waals surface area (Å²) in [4.78, 5) is 4.65. The molecule has 0 spiro atoms. The van der Waals surface area contributed by atoms with Gasteiger partial charge in [0.2, 0.25) is 0 Å². The van der Waals surface area contributed by atoms with Gasteiger partial charge in [-0.1, -0.05) is 72.8 Å². The van der Waals surface area contributed by atoms with Crippen LogP contribution in [0.5, 0.6) is 0 Å². The Morgan fingerprint density at radius 3 is 2.04 bits per heavy atom. The smallest absolute Gasteiger partial charge is 0.0665 e. The van der Waals surface area contributed by atoms with Crippen LogP contribution in [0.2, 0.25) is 0 Å². The number of benzene rings is 2. The molecule has 25 heavy (non-hydrogen) atoms. The normalized spacial score (nSPS) is 12.6. The second-order valence-corrected chi connectivity index (χ2v) is 7.67. The maximum absolute atomic E-state index is 5.45. The number of hydrogen-bond acceptors (Lipinski definition) is 1. The lowest BCUT2D eigenvalue weighted by Crippen LogP contribution is -2.17. The third kappa shape index (κ3) is 5.56. The molecule has 2 heteroatoms. The molecule has 0 atom stereocenters. The topological polar surface area (TPSA) is 12.4 Å². The molecular weight excluding hydrogens is 321 g/mol. The van der Waals surface area contributed by atoms with Gasteiger partial charge < -0.3 is 0 Å². The van der Waals surface area contributed by atoms with Crippen LogP contribution in [-0.2, 0) is 0 Å². The van der Waals surface area contributed by atoms with Crippen molar-refractivity contribution in [2.45, 2.75) is 19.8 Å². The van der Waals surface area contributed by atoms with Crippen molar-refractivity contribution in [1.82, 2.24) is 0 Å². The molecule has 1 nitrogen and oxygen atoms in total. The standard InChI is InChI=1S/C23H24NP/c1-4-6-14-20(13-5-2)19-23(24-3)25(21-15-9-7-10-16-21)22-17-11-8-12-18-22/h1,5,7-13,15-19H,6,14H2,2-3H3/b13-5-,20-19+,24-23?. The van der Waals surface area contributed by atoms with Crippen molar-refractivity contribution < 1.29 is 0 Å². The third-order valence-electron chi connectivity index (χ3n) is 3.74. The SMILES string of the molecule is C#CCCC(/C=C\C)=C/C(=NC)P(c1ccccc1)c1ccccc1. The Hall–Kier alpha value is -2.42. The first-order chi connectivity index (χ1) is 12.3. The molecule has 0 unspecified atom stereocenters. The van der Waals surface area contributed by atoms with Gasteiger partial charge in [-0.25, -0.2) is 0 Å². The summed E-state index contributed by atoms with van der Waals surface area (Å²) in [6, 6.07) is 21.2. The molecule has 2 aromatic rings. The molecule has 0 radical (unpaired) electrons. The Balaban J connectivity index is 2.49. The van der Waals surface area contributed by atoms with Gasteiger partial charge in [-0.3, -0.25) is 4.99 Å². The maximum atomic E-state index is 5.45. The number of aliphatic imine (C=N–C) groups is 1. The van der Waals surface area contributed by atoms with Crippen molar-refractivity contribution in [3.63, 3.8) is 0 Å². The average molecular weight is 345 g/mol. The van der Waals surface area contributed by atoms with E-state index in [1.807, 2.05) is 14.0 Å². The van der Waals surface area contributed by atoms with E-state index >= 15 is 0 Å². The summed E-state index contributed by atoms with van der Waals surface area (Å²) in [6.45, 7) is 2.03. The summed E-state index contributed by atoms with van der Waals surface area (Å²) in [5.41, 5.74) is 2.33. The molecule has 0 bridgehead atoms. The Kier molecular flexibility index (Phi) is 7.90. The molecule has 0 fully saturated rings. The zero-order chi connectivity index (χ0) is 17.9. The number of terminal acetylenes is 1. The highest BCUT2D eigenvalue weighted by molar-refractivity contribution is 7.88. The minimum absolute atomic E-state index is 0.685. The number of nitrogens with zero attached hydrogens (tertiary/aromatic N) is 1. The van der Waals surface area contributed by atoms with Gasteiger partial charge in [0.05, 0.1) is 5.45 Å². The molecule has 2 rings (SSSR count). The lowest BCUT2D eigenvalue weighted by molar-refractivity contribution is 1.04. The number of rotatable bonds is 7. The number of allylic oxidation sites excluding steroid dienone is 4. The van der Waals surface area contributed by atoms with E-state index in [4.69, 9.17) is 6.42 Å². The van der Waals surface area contributed by atoms with Crippen molar-refractivity contribution in [2.75, 3.05) is 7.05 Å². The van der Waals surface area contributed by atoms with Crippen LogP contribution >= 0.6 is 7.92 Å². The summed E-state index contributed by atoms with van der Waals surface area (Å²) in [7, 11) is 1.19. The van der Waals surface area contributed by atoms with Crippen LogP contribution in [0.15, 0.2) is 89.5 Å². The van der Waals surface area contributed by atoms with Crippen LogP contribution in [0, 0.1) is 12.3 Å². The first kappa shape index (κ1) is 18.9. The minimum atomic E-state index is -0.685. The van der Waals surface area contributed by atoms with E-state index in [2.05, 4.69) is 89.8 Å². The van der Waals surface area contributed by atoms with Gasteiger partial charge in [-0.15, -0.1) is 12.3 Å². The van der Waals surface area contributed by atoms with E-state index in [-0.39, 0.29) is 0 Å². The van der Waals surface area contributed by atoms with Gasteiger partial charge in [-0.05, 0) is 35.6 Å². The zero-order valence-electron chi connectivity index (χ0n) is 14.9. The van der Waals surface area contributed by atoms with Gasteiger partial charge in [0, 0.05) is 21.4 Å². The molecule has 2 aromatic carbocycles. The lowest BCUT2D eigenvalue weighted by Gasteiger charge is -2.19. The quantitative estimate of drug-likeness (QED) is 0.288. The fourth-order valence-electron chi connectivity index (χ4n) is 2.60. The molecule has 0 saturated heterocycles.